The predicted molar refractivity (Wildman–Crippen MR) is 68.2 cm³/mol. The first-order valence-corrected chi connectivity index (χ1v) is 5.45. The van der Waals surface area contributed by atoms with E-state index in [1.165, 1.54) is 12.3 Å². The van der Waals surface area contributed by atoms with Gasteiger partial charge in [0.25, 0.3) is 5.91 Å². The monoisotopic (exact) mass is 243 g/mol. The molecule has 0 bridgehead atoms. The minimum absolute atomic E-state index is 0.00403. The van der Waals surface area contributed by atoms with Crippen molar-refractivity contribution in [3.05, 3.63) is 53.9 Å². The van der Waals surface area contributed by atoms with Crippen LogP contribution < -0.4 is 11.1 Å². The van der Waals surface area contributed by atoms with Gasteiger partial charge in [-0.15, -0.1) is 0 Å². The van der Waals surface area contributed by atoms with Gasteiger partial charge in [0.05, 0.1) is 0 Å². The van der Waals surface area contributed by atoms with Gasteiger partial charge < -0.3 is 16.2 Å². The molecule has 0 atom stereocenters. The van der Waals surface area contributed by atoms with E-state index in [-0.39, 0.29) is 11.4 Å². The van der Waals surface area contributed by atoms with Crippen LogP contribution in [-0.4, -0.2) is 16.0 Å². The lowest BCUT2D eigenvalue weighted by Crippen LogP contribution is -2.14. The molecule has 0 saturated carbocycles. The molecule has 0 aliphatic heterocycles. The third kappa shape index (κ3) is 2.64. The smallest absolute Gasteiger partial charge is 0.278 e. The van der Waals surface area contributed by atoms with Gasteiger partial charge in [-0.05, 0) is 29.8 Å². The lowest BCUT2D eigenvalue weighted by atomic mass is 10.2. The molecular weight excluding hydrogens is 230 g/mol. The SMILES string of the molecule is NCc1cccc(NC(=O)c2ncccc2O)c1. The molecule has 0 spiro atoms. The van der Waals surface area contributed by atoms with Crippen molar-refractivity contribution < 1.29 is 9.90 Å². The minimum atomic E-state index is -0.456. The Morgan fingerprint density at radius 2 is 2.17 bits per heavy atom. The van der Waals surface area contributed by atoms with Crippen molar-refractivity contribution in [3.63, 3.8) is 0 Å². The van der Waals surface area contributed by atoms with E-state index < -0.39 is 5.91 Å². The number of hydrogen-bond acceptors (Lipinski definition) is 4. The number of amides is 1. The maximum Gasteiger partial charge on any atom is 0.278 e. The third-order valence-corrected chi connectivity index (χ3v) is 2.42. The number of rotatable bonds is 3. The van der Waals surface area contributed by atoms with E-state index in [9.17, 15) is 9.90 Å². The summed E-state index contributed by atoms with van der Waals surface area (Å²) in [5, 5.41) is 12.2. The quantitative estimate of drug-likeness (QED) is 0.762. The molecule has 1 heterocycles. The van der Waals surface area contributed by atoms with Crippen molar-refractivity contribution in [1.29, 1.82) is 0 Å². The highest BCUT2D eigenvalue weighted by molar-refractivity contribution is 6.04. The summed E-state index contributed by atoms with van der Waals surface area (Å²) in [5.41, 5.74) is 7.05. The molecule has 5 heteroatoms. The second-order valence-corrected chi connectivity index (χ2v) is 3.73. The number of nitrogens with zero attached hydrogens (tertiary/aromatic N) is 1. The van der Waals surface area contributed by atoms with Crippen molar-refractivity contribution in [2.24, 2.45) is 5.73 Å². The molecule has 1 aromatic heterocycles. The summed E-state index contributed by atoms with van der Waals surface area (Å²) in [7, 11) is 0. The zero-order valence-corrected chi connectivity index (χ0v) is 9.63. The van der Waals surface area contributed by atoms with Crippen LogP contribution in [0.15, 0.2) is 42.6 Å². The highest BCUT2D eigenvalue weighted by Crippen LogP contribution is 2.16. The van der Waals surface area contributed by atoms with Gasteiger partial charge >= 0.3 is 0 Å². The lowest BCUT2D eigenvalue weighted by Gasteiger charge is -2.07. The molecule has 5 nitrogen and oxygen atoms in total. The number of nitrogens with one attached hydrogen (secondary N) is 1. The van der Waals surface area contributed by atoms with Crippen LogP contribution >= 0.6 is 0 Å². The molecule has 2 aromatic rings. The molecule has 1 amide bonds. The summed E-state index contributed by atoms with van der Waals surface area (Å²) in [6.07, 6.45) is 1.45. The number of benzene rings is 1. The second-order valence-electron chi connectivity index (χ2n) is 3.73. The Morgan fingerprint density at radius 3 is 2.89 bits per heavy atom. The maximum atomic E-state index is 11.9. The molecule has 0 aliphatic carbocycles. The number of carbonyl (C=O) groups excluding carboxylic acids is 1. The molecular formula is C13H13N3O2. The average Bonchev–Trinajstić information content (AvgIpc) is 2.39. The van der Waals surface area contributed by atoms with Gasteiger partial charge in [-0.1, -0.05) is 12.1 Å². The van der Waals surface area contributed by atoms with Crippen molar-refractivity contribution in [1.82, 2.24) is 4.98 Å². The predicted octanol–water partition coefficient (Wildman–Crippen LogP) is 1.50. The van der Waals surface area contributed by atoms with Crippen LogP contribution in [0.5, 0.6) is 5.75 Å². The topological polar surface area (TPSA) is 88.2 Å². The highest BCUT2D eigenvalue weighted by atomic mass is 16.3. The van der Waals surface area contributed by atoms with E-state index in [2.05, 4.69) is 10.3 Å². The van der Waals surface area contributed by atoms with Crippen LogP contribution in [0.3, 0.4) is 0 Å². The van der Waals surface area contributed by atoms with Gasteiger partial charge in [-0.3, -0.25) is 4.79 Å². The number of aromatic hydroxyl groups is 1. The third-order valence-electron chi connectivity index (χ3n) is 2.42. The largest absolute Gasteiger partial charge is 0.505 e. The molecule has 4 N–H and O–H groups in total. The molecule has 0 unspecified atom stereocenters. The van der Waals surface area contributed by atoms with Crippen LogP contribution in [0.1, 0.15) is 16.1 Å². The Kier molecular flexibility index (Phi) is 3.54. The summed E-state index contributed by atoms with van der Waals surface area (Å²) < 4.78 is 0. The molecule has 0 saturated heterocycles. The van der Waals surface area contributed by atoms with E-state index in [4.69, 9.17) is 5.73 Å². The van der Waals surface area contributed by atoms with E-state index in [0.717, 1.165) is 5.56 Å². The summed E-state index contributed by atoms with van der Waals surface area (Å²) in [6.45, 7) is 0.401. The van der Waals surface area contributed by atoms with Crippen molar-refractivity contribution >= 4 is 11.6 Å². The van der Waals surface area contributed by atoms with Crippen LogP contribution in [-0.2, 0) is 6.54 Å². The Labute approximate surface area is 104 Å². The van der Waals surface area contributed by atoms with E-state index in [1.807, 2.05) is 6.07 Å². The molecule has 2 rings (SSSR count). The number of pyridine rings is 1. The first-order valence-electron chi connectivity index (χ1n) is 5.45. The lowest BCUT2D eigenvalue weighted by molar-refractivity contribution is 0.101. The molecule has 1 aromatic carbocycles. The van der Waals surface area contributed by atoms with Crippen LogP contribution in [0.25, 0.3) is 0 Å². The molecule has 92 valence electrons. The first-order chi connectivity index (χ1) is 8.70. The van der Waals surface area contributed by atoms with Crippen molar-refractivity contribution in [3.8, 4) is 5.75 Å². The summed E-state index contributed by atoms with van der Waals surface area (Å²) in [4.78, 5) is 15.7. The minimum Gasteiger partial charge on any atom is -0.505 e. The van der Waals surface area contributed by atoms with Gasteiger partial charge in [0, 0.05) is 18.4 Å². The first kappa shape index (κ1) is 12.1. The highest BCUT2D eigenvalue weighted by Gasteiger charge is 2.12. The number of hydrogen-bond donors (Lipinski definition) is 3. The fourth-order valence-corrected chi connectivity index (χ4v) is 1.54. The van der Waals surface area contributed by atoms with Gasteiger partial charge in [-0.2, -0.15) is 0 Å². The fourth-order valence-electron chi connectivity index (χ4n) is 1.54. The Bertz CT molecular complexity index is 570. The molecule has 0 fully saturated rings. The Morgan fingerprint density at radius 1 is 1.33 bits per heavy atom. The van der Waals surface area contributed by atoms with Crippen LogP contribution in [0, 0.1) is 0 Å². The fraction of sp³-hybridized carbons (Fsp3) is 0.0769. The van der Waals surface area contributed by atoms with Gasteiger partial charge in [0.1, 0.15) is 5.75 Å². The second kappa shape index (κ2) is 5.29. The van der Waals surface area contributed by atoms with Crippen molar-refractivity contribution in [2.75, 3.05) is 5.32 Å². The average molecular weight is 243 g/mol. The van der Waals surface area contributed by atoms with Gasteiger partial charge in [0.2, 0.25) is 0 Å². The maximum absolute atomic E-state index is 11.9. The number of aromatic nitrogens is 1. The summed E-state index contributed by atoms with van der Waals surface area (Å²) in [6, 6.07) is 10.2. The standard InChI is InChI=1S/C13H13N3O2/c14-8-9-3-1-4-10(7-9)16-13(18)12-11(17)5-2-6-15-12/h1-7,17H,8,14H2,(H,16,18). The van der Waals surface area contributed by atoms with E-state index in [1.54, 1.807) is 24.3 Å². The number of carbonyl (C=O) groups is 1. The Balaban J connectivity index is 2.19. The van der Waals surface area contributed by atoms with Crippen molar-refractivity contribution in [2.45, 2.75) is 6.54 Å². The normalized spacial score (nSPS) is 10.1. The zero-order valence-electron chi connectivity index (χ0n) is 9.63. The van der Waals surface area contributed by atoms with E-state index >= 15 is 0 Å². The molecule has 0 aliphatic rings. The molecule has 0 radical (unpaired) electrons. The summed E-state index contributed by atoms with van der Waals surface area (Å²) in [5.74, 6) is -0.604. The summed E-state index contributed by atoms with van der Waals surface area (Å²) >= 11 is 0. The Hall–Kier alpha value is -2.40. The van der Waals surface area contributed by atoms with Gasteiger partial charge in [-0.25, -0.2) is 4.98 Å². The number of anilines is 1. The van der Waals surface area contributed by atoms with Crippen LogP contribution in [0.4, 0.5) is 5.69 Å². The zero-order chi connectivity index (χ0) is 13.0. The van der Waals surface area contributed by atoms with Crippen LogP contribution in [0.2, 0.25) is 0 Å². The molecule has 18 heavy (non-hydrogen) atoms. The number of nitrogens with two attached hydrogens (primary N) is 1. The van der Waals surface area contributed by atoms with E-state index in [0.29, 0.717) is 12.2 Å². The van der Waals surface area contributed by atoms with Gasteiger partial charge in [0.15, 0.2) is 5.69 Å².